The van der Waals surface area contributed by atoms with Crippen molar-refractivity contribution in [2.45, 2.75) is 83.1 Å². The van der Waals surface area contributed by atoms with Gasteiger partial charge in [0.2, 0.25) is 0 Å². The van der Waals surface area contributed by atoms with Crippen LogP contribution >= 0.6 is 0 Å². The molecule has 2 fully saturated rings. The zero-order valence-electron chi connectivity index (χ0n) is 20.6. The van der Waals surface area contributed by atoms with Crippen LogP contribution in [0.2, 0.25) is 0 Å². The smallest absolute Gasteiger partial charge is 0.380 e. The summed E-state index contributed by atoms with van der Waals surface area (Å²) in [6.45, 7) is 5.85. The molecular weight excluding hydrogens is 461 g/mol. The number of rotatable bonds is 8. The molecule has 2 aliphatic heterocycles. The molecule has 2 amide bonds. The maximum Gasteiger partial charge on any atom is 0.416 e. The Morgan fingerprint density at radius 2 is 1.46 bits per heavy atom. The van der Waals surface area contributed by atoms with Gasteiger partial charge in [-0.05, 0) is 61.1 Å². The van der Waals surface area contributed by atoms with Gasteiger partial charge < -0.3 is 20.0 Å². The van der Waals surface area contributed by atoms with Crippen molar-refractivity contribution in [3.05, 3.63) is 35.4 Å². The third kappa shape index (κ3) is 6.36. The van der Waals surface area contributed by atoms with E-state index in [9.17, 15) is 33.0 Å². The third-order valence-electron chi connectivity index (χ3n) is 7.63. The number of nitrogens with zero attached hydrogens (tertiary/aromatic N) is 2. The molecule has 0 bridgehead atoms. The number of benzene rings is 1. The Hall–Kier alpha value is -2.13. The van der Waals surface area contributed by atoms with Crippen LogP contribution in [0.25, 0.3) is 0 Å². The summed E-state index contributed by atoms with van der Waals surface area (Å²) >= 11 is 0. The number of aliphatic hydroxyl groups excluding tert-OH is 2. The number of halogens is 3. The highest BCUT2D eigenvalue weighted by molar-refractivity contribution is 5.91. The summed E-state index contributed by atoms with van der Waals surface area (Å²) in [5.74, 6) is -1.30. The molecule has 6 nitrogen and oxygen atoms in total. The average molecular weight is 499 g/mol. The second-order valence-corrected chi connectivity index (χ2v) is 10.1. The summed E-state index contributed by atoms with van der Waals surface area (Å²) in [6, 6.07) is 5.06. The van der Waals surface area contributed by atoms with Crippen LogP contribution in [-0.4, -0.2) is 70.2 Å². The Kier molecular flexibility index (Phi) is 8.86. The molecule has 3 rings (SSSR count). The predicted octanol–water partition coefficient (Wildman–Crippen LogP) is 3.95. The summed E-state index contributed by atoms with van der Waals surface area (Å²) in [6.07, 6.45) is -2.12. The third-order valence-corrected chi connectivity index (χ3v) is 7.63. The Bertz CT molecular complexity index is 860. The van der Waals surface area contributed by atoms with Gasteiger partial charge in [0.25, 0.3) is 11.8 Å². The van der Waals surface area contributed by atoms with Gasteiger partial charge in [-0.1, -0.05) is 38.8 Å². The first-order valence-corrected chi connectivity index (χ1v) is 12.6. The maximum absolute atomic E-state index is 12.9. The van der Waals surface area contributed by atoms with Crippen LogP contribution in [0.1, 0.15) is 75.8 Å². The van der Waals surface area contributed by atoms with E-state index in [0.29, 0.717) is 39.0 Å². The highest BCUT2D eigenvalue weighted by Gasteiger charge is 2.43. The van der Waals surface area contributed by atoms with Gasteiger partial charge in [0.05, 0.1) is 5.56 Å². The Balaban J connectivity index is 1.54. The van der Waals surface area contributed by atoms with Gasteiger partial charge in [-0.3, -0.25) is 9.59 Å². The molecule has 2 atom stereocenters. The molecule has 0 aromatic heterocycles. The minimum atomic E-state index is -4.38. The van der Waals surface area contributed by atoms with Crippen LogP contribution in [0.3, 0.4) is 0 Å². The van der Waals surface area contributed by atoms with Crippen molar-refractivity contribution in [1.82, 2.24) is 9.80 Å². The Labute approximate surface area is 205 Å². The lowest BCUT2D eigenvalue weighted by Gasteiger charge is -2.34. The van der Waals surface area contributed by atoms with Gasteiger partial charge in [0.1, 0.15) is 0 Å². The van der Waals surface area contributed by atoms with Crippen LogP contribution in [0.5, 0.6) is 0 Å². The molecule has 35 heavy (non-hydrogen) atoms. The molecule has 0 saturated carbocycles. The number of hydrogen-bond donors (Lipinski definition) is 2. The molecule has 196 valence electrons. The van der Waals surface area contributed by atoms with Gasteiger partial charge in [0, 0.05) is 26.2 Å². The number of amides is 2. The molecule has 2 aliphatic rings. The van der Waals surface area contributed by atoms with Crippen molar-refractivity contribution in [2.24, 2.45) is 5.41 Å². The number of aliphatic hydroxyl groups is 2. The van der Waals surface area contributed by atoms with E-state index in [4.69, 9.17) is 0 Å². The summed E-state index contributed by atoms with van der Waals surface area (Å²) in [7, 11) is 0. The molecule has 2 N–H and O–H groups in total. The van der Waals surface area contributed by atoms with E-state index in [1.807, 2.05) is 0 Å². The average Bonchev–Trinajstić information content (AvgIpc) is 3.26. The molecule has 2 heterocycles. The molecular formula is C26H37F3N2O4. The summed E-state index contributed by atoms with van der Waals surface area (Å²) < 4.78 is 38.4. The number of likely N-dealkylation sites (tertiary alicyclic amines) is 2. The minimum Gasteiger partial charge on any atom is -0.380 e. The van der Waals surface area contributed by atoms with Crippen molar-refractivity contribution in [1.29, 1.82) is 0 Å². The van der Waals surface area contributed by atoms with E-state index in [0.717, 1.165) is 49.8 Å². The number of piperidine rings is 1. The van der Waals surface area contributed by atoms with Gasteiger partial charge in [-0.25, -0.2) is 0 Å². The number of carbonyl (C=O) groups excluding carboxylic acids is 2. The molecule has 2 saturated heterocycles. The number of carbonyl (C=O) groups is 2. The molecule has 0 spiro atoms. The standard InChI is InChI=1S/C26H37F3N2O4/c1-3-11-25(12-4-2)13-16-31(17-25)24(35)22(33)21(32)23(34)30-14-9-19(10-15-30)18-5-7-20(8-6-18)26(27,28)29/h5-8,19,21-22,32-33H,3-4,9-17H2,1-2H3/t21-,22-/m1/s1. The number of hydrogen-bond acceptors (Lipinski definition) is 4. The normalized spacial score (nSPS) is 20.7. The lowest BCUT2D eigenvalue weighted by Crippen LogP contribution is -2.52. The van der Waals surface area contributed by atoms with Crippen molar-refractivity contribution < 1.29 is 33.0 Å². The lowest BCUT2D eigenvalue weighted by molar-refractivity contribution is -0.158. The van der Waals surface area contributed by atoms with Crippen LogP contribution in [0.15, 0.2) is 24.3 Å². The largest absolute Gasteiger partial charge is 0.416 e. The second-order valence-electron chi connectivity index (χ2n) is 10.1. The highest BCUT2D eigenvalue weighted by atomic mass is 19.4. The Morgan fingerprint density at radius 3 is 1.94 bits per heavy atom. The fraction of sp³-hybridized carbons (Fsp3) is 0.692. The molecule has 0 radical (unpaired) electrons. The van der Waals surface area contributed by atoms with Crippen LogP contribution in [-0.2, 0) is 15.8 Å². The molecule has 1 aromatic carbocycles. The first-order chi connectivity index (χ1) is 16.5. The van der Waals surface area contributed by atoms with Gasteiger partial charge in [0.15, 0.2) is 12.2 Å². The van der Waals surface area contributed by atoms with Crippen molar-refractivity contribution in [3.63, 3.8) is 0 Å². The predicted molar refractivity (Wildman–Crippen MR) is 125 cm³/mol. The van der Waals surface area contributed by atoms with Crippen molar-refractivity contribution in [2.75, 3.05) is 26.2 Å². The fourth-order valence-corrected chi connectivity index (χ4v) is 5.74. The summed E-state index contributed by atoms with van der Waals surface area (Å²) in [5.41, 5.74) is 0.112. The molecule has 1 aromatic rings. The zero-order chi connectivity index (χ0) is 25.8. The number of alkyl halides is 3. The first kappa shape index (κ1) is 27.5. The van der Waals surface area contributed by atoms with Crippen molar-refractivity contribution >= 4 is 11.8 Å². The zero-order valence-corrected chi connectivity index (χ0v) is 20.6. The van der Waals surface area contributed by atoms with Gasteiger partial charge in [-0.2, -0.15) is 13.2 Å². The van der Waals surface area contributed by atoms with Crippen LogP contribution in [0, 0.1) is 5.41 Å². The van der Waals surface area contributed by atoms with E-state index in [1.54, 1.807) is 4.90 Å². The maximum atomic E-state index is 12.9. The second kappa shape index (κ2) is 11.3. The summed E-state index contributed by atoms with van der Waals surface area (Å²) in [5, 5.41) is 21.0. The van der Waals surface area contributed by atoms with E-state index in [1.165, 1.54) is 17.0 Å². The van der Waals surface area contributed by atoms with Crippen molar-refractivity contribution in [3.8, 4) is 0 Å². The first-order valence-electron chi connectivity index (χ1n) is 12.6. The quantitative estimate of drug-likeness (QED) is 0.569. The topological polar surface area (TPSA) is 81.1 Å². The van der Waals surface area contributed by atoms with Gasteiger partial charge >= 0.3 is 6.18 Å². The van der Waals surface area contributed by atoms with E-state index in [2.05, 4.69) is 13.8 Å². The fourth-order valence-electron chi connectivity index (χ4n) is 5.74. The van der Waals surface area contributed by atoms with E-state index < -0.39 is 35.8 Å². The van der Waals surface area contributed by atoms with E-state index >= 15 is 0 Å². The van der Waals surface area contributed by atoms with Crippen LogP contribution in [0.4, 0.5) is 13.2 Å². The SMILES string of the molecule is CCCC1(CCC)CCN(C(=O)[C@H](O)[C@@H](O)C(=O)N2CCC(c3ccc(C(F)(F)F)cc3)CC2)C1. The van der Waals surface area contributed by atoms with Gasteiger partial charge in [-0.15, -0.1) is 0 Å². The van der Waals surface area contributed by atoms with Crippen LogP contribution < -0.4 is 0 Å². The molecule has 9 heteroatoms. The minimum absolute atomic E-state index is 0.000105. The highest BCUT2D eigenvalue weighted by Crippen LogP contribution is 2.40. The molecule has 0 unspecified atom stereocenters. The summed E-state index contributed by atoms with van der Waals surface area (Å²) in [4.78, 5) is 28.7. The Morgan fingerprint density at radius 1 is 0.943 bits per heavy atom. The molecule has 0 aliphatic carbocycles. The van der Waals surface area contributed by atoms with E-state index in [-0.39, 0.29) is 11.3 Å². The monoisotopic (exact) mass is 498 g/mol. The lowest BCUT2D eigenvalue weighted by atomic mass is 9.78.